The van der Waals surface area contributed by atoms with E-state index in [2.05, 4.69) is 20.1 Å². The second-order valence-electron chi connectivity index (χ2n) is 4.95. The Morgan fingerprint density at radius 2 is 1.92 bits per heavy atom. The number of hydrogen-bond acceptors (Lipinski definition) is 6. The molecular formula is C16H10N4O4S. The summed E-state index contributed by atoms with van der Waals surface area (Å²) in [4.78, 5) is 6.77. The van der Waals surface area contributed by atoms with Gasteiger partial charge in [-0.25, -0.2) is 4.85 Å². The van der Waals surface area contributed by atoms with Crippen LogP contribution >= 0.6 is 0 Å². The highest BCUT2D eigenvalue weighted by Gasteiger charge is 2.20. The molecule has 124 valence electrons. The van der Waals surface area contributed by atoms with Crippen molar-refractivity contribution < 1.29 is 18.1 Å². The molecule has 1 heterocycles. The van der Waals surface area contributed by atoms with Gasteiger partial charge in [0.1, 0.15) is 16.1 Å². The summed E-state index contributed by atoms with van der Waals surface area (Å²) in [6.07, 6.45) is 1.37. The summed E-state index contributed by atoms with van der Waals surface area (Å²) in [6.45, 7) is 6.97. The summed E-state index contributed by atoms with van der Waals surface area (Å²) in [6, 6.07) is 10.2. The van der Waals surface area contributed by atoms with Gasteiger partial charge in [0.2, 0.25) is 0 Å². The van der Waals surface area contributed by atoms with Crippen molar-refractivity contribution in [1.82, 2.24) is 4.98 Å². The molecule has 2 aromatic carbocycles. The van der Waals surface area contributed by atoms with E-state index in [1.54, 1.807) is 18.2 Å². The molecule has 1 aromatic heterocycles. The molecule has 0 amide bonds. The van der Waals surface area contributed by atoms with Crippen molar-refractivity contribution in [3.05, 3.63) is 60.1 Å². The van der Waals surface area contributed by atoms with Gasteiger partial charge in [0, 0.05) is 11.6 Å². The molecule has 0 aliphatic heterocycles. The Balaban J connectivity index is 2.18. The minimum Gasteiger partial charge on any atom is -0.504 e. The Morgan fingerprint density at radius 1 is 1.12 bits per heavy atom. The van der Waals surface area contributed by atoms with Crippen LogP contribution in [0, 0.1) is 6.57 Å². The number of benzene rings is 2. The van der Waals surface area contributed by atoms with Gasteiger partial charge in [-0.3, -0.25) is 9.54 Å². The summed E-state index contributed by atoms with van der Waals surface area (Å²) in [5.41, 5.74) is 0.510. The first-order chi connectivity index (χ1) is 11.9. The molecule has 0 atom stereocenters. The zero-order valence-corrected chi connectivity index (χ0v) is 13.3. The smallest absolute Gasteiger partial charge is 0.295 e. The van der Waals surface area contributed by atoms with Gasteiger partial charge < -0.3 is 5.11 Å². The van der Waals surface area contributed by atoms with Crippen molar-refractivity contribution in [2.24, 2.45) is 10.2 Å². The molecule has 0 radical (unpaired) electrons. The third kappa shape index (κ3) is 3.30. The first kappa shape index (κ1) is 16.5. The lowest BCUT2D eigenvalue weighted by molar-refractivity contribution is 0.479. The van der Waals surface area contributed by atoms with Gasteiger partial charge in [0.05, 0.1) is 12.3 Å². The maximum absolute atomic E-state index is 11.6. The van der Waals surface area contributed by atoms with Gasteiger partial charge in [0.15, 0.2) is 11.4 Å². The Hall–Kier alpha value is -3.35. The van der Waals surface area contributed by atoms with Crippen molar-refractivity contribution in [2.75, 3.05) is 0 Å². The molecule has 0 saturated heterocycles. The molecule has 0 aliphatic rings. The predicted octanol–water partition coefficient (Wildman–Crippen LogP) is 4.15. The second-order valence-corrected chi connectivity index (χ2v) is 6.34. The van der Waals surface area contributed by atoms with E-state index in [4.69, 9.17) is 6.57 Å². The summed E-state index contributed by atoms with van der Waals surface area (Å²) >= 11 is 0. The highest BCUT2D eigenvalue weighted by atomic mass is 32.2. The normalized spacial score (nSPS) is 11.7. The number of aromatic nitrogens is 1. The SMILES string of the molecule is [C-]#[N+]c1cccc(N=Nc2cc(S(=O)(=O)O)c3cccnc3c2O)c1. The average Bonchev–Trinajstić information content (AvgIpc) is 2.60. The van der Waals surface area contributed by atoms with Crippen LogP contribution in [0.4, 0.5) is 17.1 Å². The first-order valence-electron chi connectivity index (χ1n) is 6.87. The molecule has 2 N–H and O–H groups in total. The van der Waals surface area contributed by atoms with Crippen LogP contribution in [0.1, 0.15) is 0 Å². The number of nitrogens with zero attached hydrogens (tertiary/aromatic N) is 4. The molecule has 0 bridgehead atoms. The standard InChI is InChI=1S/C16H10N4O4S/c1-17-10-4-2-5-11(8-10)19-20-13-9-14(25(22,23)24)12-6-3-7-18-15(12)16(13)21/h2-9,21H,(H,22,23,24). The van der Waals surface area contributed by atoms with Crippen LogP contribution < -0.4 is 0 Å². The lowest BCUT2D eigenvalue weighted by atomic mass is 10.2. The molecular weight excluding hydrogens is 344 g/mol. The van der Waals surface area contributed by atoms with Crippen LogP contribution in [-0.2, 0) is 10.1 Å². The van der Waals surface area contributed by atoms with Crippen molar-refractivity contribution in [1.29, 1.82) is 0 Å². The summed E-state index contributed by atoms with van der Waals surface area (Å²) in [5.74, 6) is -0.368. The molecule has 8 nitrogen and oxygen atoms in total. The van der Waals surface area contributed by atoms with Crippen LogP contribution in [0.25, 0.3) is 15.7 Å². The molecule has 3 aromatic rings. The maximum Gasteiger partial charge on any atom is 0.295 e. The third-order valence-electron chi connectivity index (χ3n) is 3.32. The highest BCUT2D eigenvalue weighted by Crippen LogP contribution is 2.38. The van der Waals surface area contributed by atoms with Gasteiger partial charge >= 0.3 is 0 Å². The Labute approximate surface area is 142 Å². The molecule has 3 rings (SSSR count). The van der Waals surface area contributed by atoms with Crippen molar-refractivity contribution >= 4 is 38.1 Å². The minimum atomic E-state index is -4.55. The Bertz CT molecular complexity index is 1150. The second kappa shape index (κ2) is 6.27. The van der Waals surface area contributed by atoms with E-state index >= 15 is 0 Å². The fourth-order valence-corrected chi connectivity index (χ4v) is 2.91. The van der Waals surface area contributed by atoms with E-state index in [0.29, 0.717) is 11.4 Å². The van der Waals surface area contributed by atoms with E-state index in [1.165, 1.54) is 24.4 Å². The Morgan fingerprint density at radius 3 is 2.64 bits per heavy atom. The molecule has 0 spiro atoms. The minimum absolute atomic E-state index is 0.0264. The summed E-state index contributed by atoms with van der Waals surface area (Å²) in [7, 11) is -4.55. The van der Waals surface area contributed by atoms with E-state index in [0.717, 1.165) is 6.07 Å². The average molecular weight is 354 g/mol. The summed E-state index contributed by atoms with van der Waals surface area (Å²) < 4.78 is 32.6. The quantitative estimate of drug-likeness (QED) is 0.416. The first-order valence-corrected chi connectivity index (χ1v) is 8.31. The monoisotopic (exact) mass is 354 g/mol. The predicted molar refractivity (Wildman–Crippen MR) is 90.1 cm³/mol. The number of phenols is 1. The number of rotatable bonds is 3. The zero-order chi connectivity index (χ0) is 18.0. The maximum atomic E-state index is 11.6. The van der Waals surface area contributed by atoms with Crippen LogP contribution in [0.3, 0.4) is 0 Å². The lowest BCUT2D eigenvalue weighted by Crippen LogP contribution is -1.99. The molecule has 0 aliphatic carbocycles. The highest BCUT2D eigenvalue weighted by molar-refractivity contribution is 7.86. The van der Waals surface area contributed by atoms with Crippen molar-refractivity contribution in [3.63, 3.8) is 0 Å². The van der Waals surface area contributed by atoms with Crippen molar-refractivity contribution in [3.8, 4) is 5.75 Å². The van der Waals surface area contributed by atoms with E-state index in [-0.39, 0.29) is 22.3 Å². The number of azo groups is 1. The van der Waals surface area contributed by atoms with Gasteiger partial charge in [-0.05, 0) is 30.3 Å². The topological polar surface area (TPSA) is 117 Å². The number of phenolic OH excluding ortho intramolecular Hbond substituents is 1. The van der Waals surface area contributed by atoms with Gasteiger partial charge in [0.25, 0.3) is 10.1 Å². The Kier molecular flexibility index (Phi) is 4.14. The molecule has 0 fully saturated rings. The van der Waals surface area contributed by atoms with Crippen LogP contribution in [0.5, 0.6) is 5.75 Å². The van der Waals surface area contributed by atoms with Gasteiger partial charge in [-0.15, -0.1) is 5.11 Å². The fourth-order valence-electron chi connectivity index (χ4n) is 2.21. The van der Waals surface area contributed by atoms with Crippen LogP contribution in [0.2, 0.25) is 0 Å². The number of aromatic hydroxyl groups is 1. The van der Waals surface area contributed by atoms with Crippen LogP contribution in [0.15, 0.2) is 63.8 Å². The number of pyridine rings is 1. The van der Waals surface area contributed by atoms with Gasteiger partial charge in [-0.1, -0.05) is 12.1 Å². The summed E-state index contributed by atoms with van der Waals surface area (Å²) in [5, 5.41) is 18.1. The van der Waals surface area contributed by atoms with Gasteiger partial charge in [-0.2, -0.15) is 13.5 Å². The van der Waals surface area contributed by atoms with Crippen LogP contribution in [-0.4, -0.2) is 23.1 Å². The van der Waals surface area contributed by atoms with E-state index in [1.807, 2.05) is 0 Å². The fraction of sp³-hybridized carbons (Fsp3) is 0. The molecule has 0 unspecified atom stereocenters. The molecule has 25 heavy (non-hydrogen) atoms. The molecule has 0 saturated carbocycles. The lowest BCUT2D eigenvalue weighted by Gasteiger charge is -2.07. The zero-order valence-electron chi connectivity index (χ0n) is 12.5. The molecule has 9 heteroatoms. The van der Waals surface area contributed by atoms with E-state index in [9.17, 15) is 18.1 Å². The third-order valence-corrected chi connectivity index (χ3v) is 4.21. The van der Waals surface area contributed by atoms with Crippen molar-refractivity contribution in [2.45, 2.75) is 4.90 Å². The number of fused-ring (bicyclic) bond motifs is 1. The number of hydrogen-bond donors (Lipinski definition) is 2. The van der Waals surface area contributed by atoms with E-state index < -0.39 is 15.0 Å². The largest absolute Gasteiger partial charge is 0.504 e.